The van der Waals surface area contributed by atoms with Gasteiger partial charge in [-0.3, -0.25) is 4.79 Å². The molecule has 1 aliphatic carbocycles. The first-order valence-corrected chi connectivity index (χ1v) is 10.4. The highest BCUT2D eigenvalue weighted by atomic mass is 16.5. The summed E-state index contributed by atoms with van der Waals surface area (Å²) in [4.78, 5) is 13.9. The van der Waals surface area contributed by atoms with E-state index in [1.807, 2.05) is 42.2 Å². The fourth-order valence-electron chi connectivity index (χ4n) is 3.87. The van der Waals surface area contributed by atoms with E-state index in [2.05, 4.69) is 12.1 Å². The number of nitrogens with two attached hydrogens (primary N) is 1. The minimum atomic E-state index is 0.154. The molecule has 0 unspecified atom stereocenters. The molecule has 0 atom stereocenters. The Kier molecular flexibility index (Phi) is 7.26. The molecule has 2 aromatic rings. The van der Waals surface area contributed by atoms with E-state index in [0.29, 0.717) is 18.2 Å². The van der Waals surface area contributed by atoms with Crippen molar-refractivity contribution in [3.8, 4) is 11.8 Å². The largest absolute Gasteiger partial charge is 0.490 e. The highest BCUT2D eigenvalue weighted by molar-refractivity contribution is 5.98. The van der Waals surface area contributed by atoms with Crippen molar-refractivity contribution in [3.63, 3.8) is 0 Å². The lowest BCUT2D eigenvalue weighted by Gasteiger charge is -2.23. The lowest BCUT2D eigenvalue weighted by molar-refractivity contribution is 0.0787. The van der Waals surface area contributed by atoms with Gasteiger partial charge in [0.05, 0.1) is 17.7 Å². The van der Waals surface area contributed by atoms with Gasteiger partial charge in [0.1, 0.15) is 5.75 Å². The zero-order valence-electron chi connectivity index (χ0n) is 17.1. The van der Waals surface area contributed by atoms with Crippen molar-refractivity contribution in [2.75, 3.05) is 6.54 Å². The molecule has 5 nitrogen and oxygen atoms in total. The summed E-state index contributed by atoms with van der Waals surface area (Å²) in [5.41, 5.74) is 8.91. The second-order valence-electron chi connectivity index (χ2n) is 7.49. The second kappa shape index (κ2) is 10.1. The monoisotopic (exact) mass is 391 g/mol. The lowest BCUT2D eigenvalue weighted by Crippen LogP contribution is -2.22. The Labute approximate surface area is 173 Å². The quantitative estimate of drug-likeness (QED) is 0.838. The van der Waals surface area contributed by atoms with Gasteiger partial charge in [0.2, 0.25) is 0 Å². The molecule has 1 amide bonds. The fourth-order valence-corrected chi connectivity index (χ4v) is 3.87. The molecule has 152 valence electrons. The maximum Gasteiger partial charge on any atom is 0.254 e. The topological polar surface area (TPSA) is 79.3 Å². The van der Waals surface area contributed by atoms with Gasteiger partial charge in [0.15, 0.2) is 0 Å². The van der Waals surface area contributed by atoms with Crippen LogP contribution in [0.1, 0.15) is 66.1 Å². The molecule has 0 bridgehead atoms. The highest BCUT2D eigenvalue weighted by Gasteiger charge is 2.26. The molecule has 0 radical (unpaired) electrons. The van der Waals surface area contributed by atoms with E-state index in [4.69, 9.17) is 15.7 Å². The first-order valence-electron chi connectivity index (χ1n) is 10.4. The Morgan fingerprint density at radius 2 is 1.93 bits per heavy atom. The van der Waals surface area contributed by atoms with Crippen LogP contribution in [-0.4, -0.2) is 23.5 Å². The van der Waals surface area contributed by atoms with Crippen molar-refractivity contribution in [1.29, 1.82) is 5.26 Å². The van der Waals surface area contributed by atoms with Crippen LogP contribution >= 0.6 is 0 Å². The number of fused-ring (bicyclic) bond motifs is 1. The van der Waals surface area contributed by atoms with Crippen molar-refractivity contribution in [1.82, 2.24) is 4.90 Å². The van der Waals surface area contributed by atoms with Gasteiger partial charge < -0.3 is 15.4 Å². The molecule has 1 saturated carbocycles. The number of carbonyl (C=O) groups is 1. The van der Waals surface area contributed by atoms with Crippen LogP contribution in [0, 0.1) is 11.3 Å². The van der Waals surface area contributed by atoms with Crippen LogP contribution in [0.5, 0.6) is 5.75 Å². The Hall–Kier alpha value is -2.84. The standard InChI is InChI=1S/C16H21NO2.C8H8N2/c1-2-17-11-12-10-14(8-9-15(12)16(17)18)19-13-6-4-3-5-7-13;9-5-7-3-1-2-4-8(7)6-10/h8-10,13H,2-7,11H2,1H3;1-4H,5,9H2. The Morgan fingerprint density at radius 1 is 1.17 bits per heavy atom. The van der Waals surface area contributed by atoms with Gasteiger partial charge in [-0.1, -0.05) is 24.6 Å². The van der Waals surface area contributed by atoms with Crippen LogP contribution in [0.25, 0.3) is 0 Å². The molecule has 29 heavy (non-hydrogen) atoms. The van der Waals surface area contributed by atoms with Crippen LogP contribution in [0.15, 0.2) is 42.5 Å². The summed E-state index contributed by atoms with van der Waals surface area (Å²) in [6, 6.07) is 15.3. The molecule has 0 aromatic heterocycles. The number of rotatable bonds is 4. The summed E-state index contributed by atoms with van der Waals surface area (Å²) in [7, 11) is 0. The molecule has 2 aromatic carbocycles. The molecule has 1 aliphatic heterocycles. The third-order valence-electron chi connectivity index (χ3n) is 5.55. The Morgan fingerprint density at radius 3 is 2.59 bits per heavy atom. The first kappa shape index (κ1) is 20.9. The van der Waals surface area contributed by atoms with Gasteiger partial charge in [0, 0.05) is 25.2 Å². The highest BCUT2D eigenvalue weighted by Crippen LogP contribution is 2.29. The van der Waals surface area contributed by atoms with Gasteiger partial charge in [0.25, 0.3) is 5.91 Å². The van der Waals surface area contributed by atoms with Gasteiger partial charge >= 0.3 is 0 Å². The summed E-state index contributed by atoms with van der Waals surface area (Å²) in [5.74, 6) is 1.08. The Balaban J connectivity index is 0.000000204. The van der Waals surface area contributed by atoms with Gasteiger partial charge in [-0.15, -0.1) is 0 Å². The van der Waals surface area contributed by atoms with Crippen LogP contribution in [-0.2, 0) is 13.1 Å². The zero-order chi connectivity index (χ0) is 20.6. The van der Waals surface area contributed by atoms with Gasteiger partial charge in [-0.25, -0.2) is 0 Å². The van der Waals surface area contributed by atoms with Crippen LogP contribution < -0.4 is 10.5 Å². The van der Waals surface area contributed by atoms with E-state index in [9.17, 15) is 4.79 Å². The number of hydrogen-bond acceptors (Lipinski definition) is 4. The molecule has 2 N–H and O–H groups in total. The molecule has 0 saturated heterocycles. The summed E-state index contributed by atoms with van der Waals surface area (Å²) in [6.45, 7) is 3.95. The molecule has 4 rings (SSSR count). The van der Waals surface area contributed by atoms with Gasteiger partial charge in [-0.05, 0) is 68.0 Å². The second-order valence-corrected chi connectivity index (χ2v) is 7.49. The molecule has 1 fully saturated rings. The van der Waals surface area contributed by atoms with Crippen LogP contribution in [0.2, 0.25) is 0 Å². The zero-order valence-corrected chi connectivity index (χ0v) is 17.1. The van der Waals surface area contributed by atoms with E-state index in [0.717, 1.165) is 48.4 Å². The average Bonchev–Trinajstić information content (AvgIpc) is 3.09. The molecular formula is C24H29N3O2. The normalized spacial score (nSPS) is 15.9. The minimum Gasteiger partial charge on any atom is -0.490 e. The maximum absolute atomic E-state index is 12.0. The van der Waals surface area contributed by atoms with Crippen LogP contribution in [0.3, 0.4) is 0 Å². The number of nitriles is 1. The van der Waals surface area contributed by atoms with E-state index in [1.165, 1.54) is 19.3 Å². The van der Waals surface area contributed by atoms with Crippen molar-refractivity contribution in [3.05, 3.63) is 64.7 Å². The summed E-state index contributed by atoms with van der Waals surface area (Å²) in [6.07, 6.45) is 6.58. The minimum absolute atomic E-state index is 0.154. The number of carbonyl (C=O) groups excluding carboxylic acids is 1. The van der Waals surface area contributed by atoms with Crippen molar-refractivity contribution >= 4 is 5.91 Å². The van der Waals surface area contributed by atoms with Crippen LogP contribution in [0.4, 0.5) is 0 Å². The fraction of sp³-hybridized carbons (Fsp3) is 0.417. The molecule has 5 heteroatoms. The van der Waals surface area contributed by atoms with E-state index < -0.39 is 0 Å². The maximum atomic E-state index is 12.0. The van der Waals surface area contributed by atoms with Crippen molar-refractivity contribution < 1.29 is 9.53 Å². The summed E-state index contributed by atoms with van der Waals surface area (Å²) in [5, 5.41) is 8.54. The van der Waals surface area contributed by atoms with Crippen molar-refractivity contribution in [2.45, 2.75) is 58.2 Å². The van der Waals surface area contributed by atoms with Gasteiger partial charge in [-0.2, -0.15) is 5.26 Å². The Bertz CT molecular complexity index is 882. The molecule has 2 aliphatic rings. The summed E-state index contributed by atoms with van der Waals surface area (Å²) < 4.78 is 6.05. The predicted octanol–water partition coefficient (Wildman–Crippen LogP) is 4.39. The third kappa shape index (κ3) is 5.16. The molecular weight excluding hydrogens is 362 g/mol. The lowest BCUT2D eigenvalue weighted by atomic mass is 9.98. The van der Waals surface area contributed by atoms with Crippen molar-refractivity contribution in [2.24, 2.45) is 5.73 Å². The van der Waals surface area contributed by atoms with E-state index >= 15 is 0 Å². The molecule has 1 heterocycles. The average molecular weight is 392 g/mol. The number of amides is 1. The number of ether oxygens (including phenoxy) is 1. The SMILES string of the molecule is CCN1Cc2cc(OC3CCCCC3)ccc2C1=O.N#Cc1ccccc1CN. The predicted molar refractivity (Wildman–Crippen MR) is 113 cm³/mol. The molecule has 0 spiro atoms. The third-order valence-corrected chi connectivity index (χ3v) is 5.55. The summed E-state index contributed by atoms with van der Waals surface area (Å²) >= 11 is 0. The van der Waals surface area contributed by atoms with E-state index in [-0.39, 0.29) is 5.91 Å². The first-order chi connectivity index (χ1) is 14.2. The number of nitrogens with zero attached hydrogens (tertiary/aromatic N) is 2. The smallest absolute Gasteiger partial charge is 0.254 e. The number of benzene rings is 2. The number of hydrogen-bond donors (Lipinski definition) is 1. The van der Waals surface area contributed by atoms with E-state index in [1.54, 1.807) is 6.07 Å².